The number of carbonyl (C=O) groups excluding carboxylic acids is 2. The summed E-state index contributed by atoms with van der Waals surface area (Å²) in [6.07, 6.45) is 0.835. The van der Waals surface area contributed by atoms with E-state index in [1.807, 2.05) is 0 Å². The lowest BCUT2D eigenvalue weighted by Crippen LogP contribution is -2.31. The Labute approximate surface area is 128 Å². The van der Waals surface area contributed by atoms with Gasteiger partial charge in [-0.3, -0.25) is 9.59 Å². The van der Waals surface area contributed by atoms with E-state index in [2.05, 4.69) is 15.5 Å². The van der Waals surface area contributed by atoms with Crippen LogP contribution in [0.15, 0.2) is 18.2 Å². The van der Waals surface area contributed by atoms with E-state index >= 15 is 0 Å². The molecule has 1 fully saturated rings. The summed E-state index contributed by atoms with van der Waals surface area (Å²) in [5.41, 5.74) is 6.80. The molecule has 0 unspecified atom stereocenters. The standard InChI is InChI=1S/C14H19ClN4O2/c15-10-1-2-12(11(16)9-10)18-14(21)4-7-19-6-3-13(20)17-5-8-19/h1-2,9H,3-8,16H2,(H,17,20)(H,18,21). The van der Waals surface area contributed by atoms with Crippen LogP contribution in [-0.2, 0) is 9.59 Å². The predicted molar refractivity (Wildman–Crippen MR) is 83.2 cm³/mol. The predicted octanol–water partition coefficient (Wildman–Crippen LogP) is 1.07. The first kappa shape index (κ1) is 15.6. The highest BCUT2D eigenvalue weighted by atomic mass is 35.5. The van der Waals surface area contributed by atoms with Gasteiger partial charge in [-0.2, -0.15) is 0 Å². The summed E-state index contributed by atoms with van der Waals surface area (Å²) in [6, 6.07) is 4.97. The zero-order valence-electron chi connectivity index (χ0n) is 11.7. The van der Waals surface area contributed by atoms with Crippen molar-refractivity contribution in [2.24, 2.45) is 0 Å². The number of hydrogen-bond donors (Lipinski definition) is 3. The highest BCUT2D eigenvalue weighted by Gasteiger charge is 2.14. The van der Waals surface area contributed by atoms with Gasteiger partial charge in [0.15, 0.2) is 0 Å². The van der Waals surface area contributed by atoms with Gasteiger partial charge in [0.1, 0.15) is 0 Å². The molecule has 0 aromatic heterocycles. The van der Waals surface area contributed by atoms with E-state index in [9.17, 15) is 9.59 Å². The first-order chi connectivity index (χ1) is 10.0. The van der Waals surface area contributed by atoms with Crippen molar-refractivity contribution in [3.05, 3.63) is 23.2 Å². The Hall–Kier alpha value is -1.79. The molecule has 1 aliphatic rings. The molecule has 7 heteroatoms. The number of nitrogen functional groups attached to an aromatic ring is 1. The third kappa shape index (κ3) is 4.91. The summed E-state index contributed by atoms with van der Waals surface area (Å²) < 4.78 is 0. The van der Waals surface area contributed by atoms with Crippen molar-refractivity contribution in [2.75, 3.05) is 37.2 Å². The van der Waals surface area contributed by atoms with Gasteiger partial charge in [0.2, 0.25) is 11.8 Å². The van der Waals surface area contributed by atoms with Crippen LogP contribution in [0.1, 0.15) is 12.8 Å². The molecule has 1 aliphatic heterocycles. The molecular weight excluding hydrogens is 292 g/mol. The van der Waals surface area contributed by atoms with E-state index in [0.29, 0.717) is 48.9 Å². The molecule has 0 atom stereocenters. The van der Waals surface area contributed by atoms with Crippen molar-refractivity contribution in [1.82, 2.24) is 10.2 Å². The zero-order valence-corrected chi connectivity index (χ0v) is 12.4. The number of anilines is 2. The molecule has 0 spiro atoms. The Balaban J connectivity index is 1.80. The van der Waals surface area contributed by atoms with Crippen molar-refractivity contribution in [3.8, 4) is 0 Å². The van der Waals surface area contributed by atoms with Crippen LogP contribution < -0.4 is 16.4 Å². The monoisotopic (exact) mass is 310 g/mol. The smallest absolute Gasteiger partial charge is 0.225 e. The Morgan fingerprint density at radius 1 is 1.43 bits per heavy atom. The zero-order chi connectivity index (χ0) is 15.2. The van der Waals surface area contributed by atoms with Crippen LogP contribution in [-0.4, -0.2) is 42.9 Å². The summed E-state index contributed by atoms with van der Waals surface area (Å²) in [6.45, 7) is 2.70. The van der Waals surface area contributed by atoms with Gasteiger partial charge < -0.3 is 21.3 Å². The van der Waals surface area contributed by atoms with Gasteiger partial charge in [0, 0.05) is 44.0 Å². The lowest BCUT2D eigenvalue weighted by atomic mass is 10.2. The van der Waals surface area contributed by atoms with Crippen molar-refractivity contribution >= 4 is 34.8 Å². The first-order valence-electron chi connectivity index (χ1n) is 6.88. The number of benzene rings is 1. The highest BCUT2D eigenvalue weighted by molar-refractivity contribution is 6.31. The molecule has 2 rings (SSSR count). The molecule has 4 N–H and O–H groups in total. The number of carbonyl (C=O) groups is 2. The normalized spacial score (nSPS) is 16.1. The van der Waals surface area contributed by atoms with E-state index in [4.69, 9.17) is 17.3 Å². The number of amides is 2. The number of rotatable bonds is 4. The van der Waals surface area contributed by atoms with Gasteiger partial charge >= 0.3 is 0 Å². The number of halogens is 1. The average molecular weight is 311 g/mol. The van der Waals surface area contributed by atoms with E-state index in [1.165, 1.54) is 0 Å². The summed E-state index contributed by atoms with van der Waals surface area (Å²) in [5, 5.41) is 6.11. The fourth-order valence-electron chi connectivity index (χ4n) is 2.16. The van der Waals surface area contributed by atoms with Gasteiger partial charge in [0.25, 0.3) is 0 Å². The maximum absolute atomic E-state index is 11.9. The van der Waals surface area contributed by atoms with Gasteiger partial charge in [0.05, 0.1) is 11.4 Å². The van der Waals surface area contributed by atoms with Crippen LogP contribution in [0.4, 0.5) is 11.4 Å². The van der Waals surface area contributed by atoms with Crippen LogP contribution in [0.5, 0.6) is 0 Å². The van der Waals surface area contributed by atoms with Crippen LogP contribution in [0.3, 0.4) is 0 Å². The average Bonchev–Trinajstić information content (AvgIpc) is 2.64. The van der Waals surface area contributed by atoms with E-state index in [0.717, 1.165) is 6.54 Å². The molecule has 1 aromatic rings. The van der Waals surface area contributed by atoms with Gasteiger partial charge in [-0.25, -0.2) is 0 Å². The minimum absolute atomic E-state index is 0.0656. The highest BCUT2D eigenvalue weighted by Crippen LogP contribution is 2.22. The summed E-state index contributed by atoms with van der Waals surface area (Å²) in [5.74, 6) is -0.0385. The Bertz CT molecular complexity index is 536. The summed E-state index contributed by atoms with van der Waals surface area (Å²) in [7, 11) is 0. The second kappa shape index (κ2) is 7.28. The van der Waals surface area contributed by atoms with Crippen LogP contribution in [0.25, 0.3) is 0 Å². The fourth-order valence-corrected chi connectivity index (χ4v) is 2.34. The van der Waals surface area contributed by atoms with Crippen LogP contribution in [0, 0.1) is 0 Å². The number of nitrogens with one attached hydrogen (secondary N) is 2. The second-order valence-electron chi connectivity index (χ2n) is 4.97. The van der Waals surface area contributed by atoms with Crippen LogP contribution >= 0.6 is 11.6 Å². The molecule has 0 radical (unpaired) electrons. The van der Waals surface area contributed by atoms with Crippen molar-refractivity contribution in [1.29, 1.82) is 0 Å². The lowest BCUT2D eigenvalue weighted by molar-refractivity contribution is -0.120. The topological polar surface area (TPSA) is 87.5 Å². The molecule has 1 aromatic carbocycles. The summed E-state index contributed by atoms with van der Waals surface area (Å²) >= 11 is 5.81. The van der Waals surface area contributed by atoms with E-state index in [1.54, 1.807) is 18.2 Å². The molecule has 21 heavy (non-hydrogen) atoms. The van der Waals surface area contributed by atoms with E-state index in [-0.39, 0.29) is 11.8 Å². The third-order valence-corrected chi connectivity index (χ3v) is 3.58. The molecule has 0 bridgehead atoms. The molecular formula is C14H19ClN4O2. The SMILES string of the molecule is Nc1cc(Cl)ccc1NC(=O)CCN1CCNC(=O)CC1. The molecule has 1 heterocycles. The Morgan fingerprint density at radius 3 is 3.00 bits per heavy atom. The van der Waals surface area contributed by atoms with Crippen molar-refractivity contribution in [3.63, 3.8) is 0 Å². The van der Waals surface area contributed by atoms with Crippen LogP contribution in [0.2, 0.25) is 5.02 Å². The lowest BCUT2D eigenvalue weighted by Gasteiger charge is -2.18. The number of nitrogens with zero attached hydrogens (tertiary/aromatic N) is 1. The minimum atomic E-state index is -0.104. The molecule has 1 saturated heterocycles. The Kier molecular flexibility index (Phi) is 5.41. The maximum atomic E-state index is 11.9. The first-order valence-corrected chi connectivity index (χ1v) is 7.26. The second-order valence-corrected chi connectivity index (χ2v) is 5.41. The molecule has 6 nitrogen and oxygen atoms in total. The quantitative estimate of drug-likeness (QED) is 0.726. The largest absolute Gasteiger partial charge is 0.397 e. The molecule has 0 aliphatic carbocycles. The maximum Gasteiger partial charge on any atom is 0.225 e. The van der Waals surface area contributed by atoms with Crippen molar-refractivity contribution in [2.45, 2.75) is 12.8 Å². The number of nitrogens with two attached hydrogens (primary N) is 1. The van der Waals surface area contributed by atoms with Gasteiger partial charge in [-0.05, 0) is 18.2 Å². The molecule has 114 valence electrons. The Morgan fingerprint density at radius 2 is 2.24 bits per heavy atom. The number of hydrogen-bond acceptors (Lipinski definition) is 4. The summed E-state index contributed by atoms with van der Waals surface area (Å²) in [4.78, 5) is 25.3. The molecule has 2 amide bonds. The molecule has 0 saturated carbocycles. The van der Waals surface area contributed by atoms with Gasteiger partial charge in [-0.15, -0.1) is 0 Å². The van der Waals surface area contributed by atoms with Crippen molar-refractivity contribution < 1.29 is 9.59 Å². The van der Waals surface area contributed by atoms with E-state index < -0.39 is 0 Å². The minimum Gasteiger partial charge on any atom is -0.397 e. The fraction of sp³-hybridized carbons (Fsp3) is 0.429. The van der Waals surface area contributed by atoms with Gasteiger partial charge in [-0.1, -0.05) is 11.6 Å². The third-order valence-electron chi connectivity index (χ3n) is 3.35.